The number of aromatic nitrogens is 5. The van der Waals surface area contributed by atoms with Gasteiger partial charge in [0.1, 0.15) is 6.04 Å². The van der Waals surface area contributed by atoms with E-state index in [1.165, 1.54) is 4.90 Å². The third kappa shape index (κ3) is 2.93. The van der Waals surface area contributed by atoms with Crippen LogP contribution in [-0.2, 0) is 6.42 Å². The van der Waals surface area contributed by atoms with Crippen molar-refractivity contribution in [3.05, 3.63) is 71.2 Å². The lowest BCUT2D eigenvalue weighted by Crippen LogP contribution is -2.41. The number of halogens is 2. The normalized spacial score (nSPS) is 18.7. The van der Waals surface area contributed by atoms with Crippen LogP contribution in [0.15, 0.2) is 41.2 Å². The fraction of sp³-hybridized carbons (Fsp3) is 0.333. The average molecular weight is 424 g/mol. The molecule has 8 nitrogen and oxygen atoms in total. The monoisotopic (exact) mass is 424 g/mol. The highest BCUT2D eigenvalue weighted by atomic mass is 19.3. The first-order valence-electron chi connectivity index (χ1n) is 10.2. The summed E-state index contributed by atoms with van der Waals surface area (Å²) in [6.45, 7) is 0.314. The molecule has 31 heavy (non-hydrogen) atoms. The Hall–Kier alpha value is -3.56. The van der Waals surface area contributed by atoms with Crippen LogP contribution in [0.3, 0.4) is 0 Å². The molecule has 0 unspecified atom stereocenters. The number of fused-ring (bicyclic) bond motifs is 2. The van der Waals surface area contributed by atoms with Gasteiger partial charge in [0.15, 0.2) is 11.6 Å². The number of nitrogens with zero attached hydrogens (tertiary/aromatic N) is 5. The summed E-state index contributed by atoms with van der Waals surface area (Å²) < 4.78 is 34.7. The topological polar surface area (TPSA) is 92.3 Å². The summed E-state index contributed by atoms with van der Waals surface area (Å²) >= 11 is 0. The second-order valence-electron chi connectivity index (χ2n) is 7.90. The first-order valence-corrected chi connectivity index (χ1v) is 10.2. The van der Waals surface area contributed by atoms with Crippen molar-refractivity contribution in [2.75, 3.05) is 6.54 Å². The maximum atomic E-state index is 13.7. The number of amides is 1. The average Bonchev–Trinajstić information content (AvgIpc) is 3.18. The fourth-order valence-electron chi connectivity index (χ4n) is 4.17. The van der Waals surface area contributed by atoms with Crippen LogP contribution in [0.2, 0.25) is 0 Å². The van der Waals surface area contributed by atoms with Gasteiger partial charge in [-0.2, -0.15) is 5.10 Å². The van der Waals surface area contributed by atoms with E-state index in [-0.39, 0.29) is 17.6 Å². The number of carbonyl (C=O) groups is 1. The predicted molar refractivity (Wildman–Crippen MR) is 104 cm³/mol. The number of pyridine rings is 1. The fourth-order valence-corrected chi connectivity index (χ4v) is 4.17. The zero-order valence-corrected chi connectivity index (χ0v) is 16.3. The van der Waals surface area contributed by atoms with Crippen LogP contribution in [0.25, 0.3) is 5.52 Å². The number of alkyl halides is 2. The van der Waals surface area contributed by atoms with Gasteiger partial charge in [0.2, 0.25) is 5.76 Å². The molecule has 1 saturated carbocycles. The number of aromatic amines is 1. The molecule has 0 radical (unpaired) electrons. The number of H-pyrrole nitrogens is 1. The van der Waals surface area contributed by atoms with Gasteiger partial charge < -0.3 is 14.3 Å². The van der Waals surface area contributed by atoms with E-state index in [4.69, 9.17) is 4.42 Å². The van der Waals surface area contributed by atoms with Crippen LogP contribution in [0.5, 0.6) is 0 Å². The molecule has 158 valence electrons. The van der Waals surface area contributed by atoms with Gasteiger partial charge in [-0.25, -0.2) is 23.3 Å². The summed E-state index contributed by atoms with van der Waals surface area (Å²) in [6.07, 6.45) is 2.69. The first-order chi connectivity index (χ1) is 15.1. The van der Waals surface area contributed by atoms with E-state index < -0.39 is 24.1 Å². The summed E-state index contributed by atoms with van der Waals surface area (Å²) in [7, 11) is 0. The summed E-state index contributed by atoms with van der Waals surface area (Å²) in [5, 5.41) is 4.62. The smallest absolute Gasteiger partial charge is 0.292 e. The van der Waals surface area contributed by atoms with E-state index in [0.717, 1.165) is 24.1 Å². The summed E-state index contributed by atoms with van der Waals surface area (Å²) in [5.74, 6) is -0.761. The van der Waals surface area contributed by atoms with Gasteiger partial charge in [-0.3, -0.25) is 4.79 Å². The molecule has 1 N–H and O–H groups in total. The molecule has 1 amide bonds. The lowest BCUT2D eigenvalue weighted by Gasteiger charge is -2.33. The Bertz CT molecular complexity index is 1260. The summed E-state index contributed by atoms with van der Waals surface area (Å²) in [4.78, 5) is 26.5. The van der Waals surface area contributed by atoms with E-state index in [9.17, 15) is 13.6 Å². The highest BCUT2D eigenvalue weighted by Gasteiger charge is 2.41. The van der Waals surface area contributed by atoms with Crippen molar-refractivity contribution in [3.63, 3.8) is 0 Å². The van der Waals surface area contributed by atoms with Crippen molar-refractivity contribution < 1.29 is 18.0 Å². The van der Waals surface area contributed by atoms with E-state index in [0.29, 0.717) is 24.4 Å². The highest BCUT2D eigenvalue weighted by molar-refractivity contribution is 5.93. The SMILES string of the molecule is O=C(c1oc(C2CC2)nc1C(F)F)N1CCc2[nH]cnc2[C@H]1c1cc2ccccn2n1. The first kappa shape index (κ1) is 18.2. The summed E-state index contributed by atoms with van der Waals surface area (Å²) in [6, 6.07) is 6.91. The molecule has 0 spiro atoms. The molecule has 4 aromatic heterocycles. The Morgan fingerprint density at radius 1 is 1.29 bits per heavy atom. The molecule has 0 bridgehead atoms. The Labute approximate surface area is 174 Å². The van der Waals surface area contributed by atoms with Crippen molar-refractivity contribution in [3.8, 4) is 0 Å². The summed E-state index contributed by atoms with van der Waals surface area (Å²) in [5.41, 5.74) is 2.43. The Kier molecular flexibility index (Phi) is 3.95. The molecule has 1 aliphatic heterocycles. The number of hydrogen-bond acceptors (Lipinski definition) is 5. The second-order valence-corrected chi connectivity index (χ2v) is 7.90. The Morgan fingerprint density at radius 2 is 2.16 bits per heavy atom. The lowest BCUT2D eigenvalue weighted by molar-refractivity contribution is 0.0637. The van der Waals surface area contributed by atoms with E-state index in [1.54, 1.807) is 10.8 Å². The lowest BCUT2D eigenvalue weighted by atomic mass is 9.99. The van der Waals surface area contributed by atoms with Crippen LogP contribution in [0.1, 0.15) is 70.4 Å². The minimum Gasteiger partial charge on any atom is -0.435 e. The van der Waals surface area contributed by atoms with Gasteiger partial charge in [-0.1, -0.05) is 6.07 Å². The van der Waals surface area contributed by atoms with Crippen molar-refractivity contribution in [1.82, 2.24) is 29.5 Å². The molecule has 10 heteroatoms. The van der Waals surface area contributed by atoms with Gasteiger partial charge in [0.25, 0.3) is 12.3 Å². The standard InChI is InChI=1S/C21H18F2N6O2/c22-19(23)16-18(31-20(26-16)11-4-5-11)21(30)28-8-6-13-15(25-10-24-13)17(28)14-9-12-3-1-2-7-29(12)27-14/h1-3,7,9-11,17,19H,4-6,8H2,(H,24,25)/t17-/m1/s1. The van der Waals surface area contributed by atoms with Crippen molar-refractivity contribution in [2.24, 2.45) is 0 Å². The van der Waals surface area contributed by atoms with Crippen LogP contribution >= 0.6 is 0 Å². The van der Waals surface area contributed by atoms with Crippen LogP contribution in [-0.4, -0.2) is 41.9 Å². The zero-order chi connectivity index (χ0) is 21.1. The molecule has 6 rings (SSSR count). The van der Waals surface area contributed by atoms with Gasteiger partial charge >= 0.3 is 0 Å². The molecule has 0 saturated heterocycles. The molecule has 5 heterocycles. The van der Waals surface area contributed by atoms with Gasteiger partial charge in [-0.15, -0.1) is 0 Å². The van der Waals surface area contributed by atoms with Crippen LogP contribution < -0.4 is 0 Å². The van der Waals surface area contributed by atoms with Crippen molar-refractivity contribution in [2.45, 2.75) is 37.6 Å². The highest BCUT2D eigenvalue weighted by Crippen LogP contribution is 2.42. The van der Waals surface area contributed by atoms with E-state index in [1.807, 2.05) is 30.5 Å². The van der Waals surface area contributed by atoms with E-state index in [2.05, 4.69) is 20.1 Å². The quantitative estimate of drug-likeness (QED) is 0.540. The maximum absolute atomic E-state index is 13.7. The number of carbonyl (C=O) groups excluding carboxylic acids is 1. The van der Waals surface area contributed by atoms with Gasteiger partial charge in [-0.05, 0) is 31.0 Å². The molecule has 1 aliphatic carbocycles. The van der Waals surface area contributed by atoms with Crippen LogP contribution in [0.4, 0.5) is 8.78 Å². The molecule has 0 aromatic carbocycles. The third-order valence-electron chi connectivity index (χ3n) is 5.85. The minimum atomic E-state index is -2.89. The molecular weight excluding hydrogens is 406 g/mol. The molecule has 2 aliphatic rings. The van der Waals surface area contributed by atoms with Crippen molar-refractivity contribution in [1.29, 1.82) is 0 Å². The van der Waals surface area contributed by atoms with Gasteiger partial charge in [0, 0.05) is 30.8 Å². The molecule has 1 atom stereocenters. The number of oxazole rings is 1. The minimum absolute atomic E-state index is 0.0209. The maximum Gasteiger partial charge on any atom is 0.292 e. The predicted octanol–water partition coefficient (Wildman–Crippen LogP) is 3.65. The largest absolute Gasteiger partial charge is 0.435 e. The zero-order valence-electron chi connectivity index (χ0n) is 16.3. The van der Waals surface area contributed by atoms with E-state index >= 15 is 0 Å². The number of imidazole rings is 1. The Balaban J connectivity index is 1.45. The number of hydrogen-bond donors (Lipinski definition) is 1. The number of rotatable bonds is 4. The van der Waals surface area contributed by atoms with Gasteiger partial charge in [0.05, 0.1) is 23.2 Å². The molecular formula is C21H18F2N6O2. The Morgan fingerprint density at radius 3 is 2.94 bits per heavy atom. The second kappa shape index (κ2) is 6.73. The third-order valence-corrected chi connectivity index (χ3v) is 5.85. The van der Waals surface area contributed by atoms with Crippen LogP contribution in [0, 0.1) is 0 Å². The number of nitrogens with one attached hydrogen (secondary N) is 1. The molecule has 1 fully saturated rings. The molecule has 4 aromatic rings. The van der Waals surface area contributed by atoms with Crippen molar-refractivity contribution >= 4 is 11.4 Å².